The maximum absolute atomic E-state index is 2.34. The first-order valence-electron chi connectivity index (χ1n) is 16.9. The number of hydrogen-bond acceptors (Lipinski definition) is 0. The van der Waals surface area contributed by atoms with Gasteiger partial charge in [-0.1, -0.05) is 190 Å². The maximum Gasteiger partial charge on any atom is -0.0156 e. The number of hydrogen-bond donors (Lipinski definition) is 0. The Morgan fingerprint density at radius 3 is 1.20 bits per heavy atom. The zero-order valence-corrected chi connectivity index (χ0v) is 26.9. The first-order valence-corrected chi connectivity index (χ1v) is 16.9. The van der Waals surface area contributed by atoms with Gasteiger partial charge in [0.2, 0.25) is 0 Å². The van der Waals surface area contributed by atoms with E-state index in [4.69, 9.17) is 0 Å². The van der Waals surface area contributed by atoms with Gasteiger partial charge < -0.3 is 0 Å². The van der Waals surface area contributed by atoms with Gasteiger partial charge in [-0.05, 0) is 84.5 Å². The number of unbranched alkanes of at least 4 members (excludes halogenated alkanes) is 1. The molecule has 0 saturated carbocycles. The molecule has 0 heteroatoms. The maximum atomic E-state index is 2.34. The molecule has 44 heavy (non-hydrogen) atoms. The second kappa shape index (κ2) is 23.3. The lowest BCUT2D eigenvalue weighted by Crippen LogP contribution is -2.08. The van der Waals surface area contributed by atoms with Gasteiger partial charge in [-0.15, -0.1) is 0 Å². The zero-order chi connectivity index (χ0) is 29.8. The van der Waals surface area contributed by atoms with Crippen LogP contribution in [-0.2, 0) is 0 Å². The fourth-order valence-corrected chi connectivity index (χ4v) is 6.38. The van der Waals surface area contributed by atoms with E-state index in [0.717, 1.165) is 5.92 Å². The molecule has 0 heterocycles. The molecular formula is C44H64. The second-order valence-corrected chi connectivity index (χ2v) is 12.1. The van der Waals surface area contributed by atoms with Crippen molar-refractivity contribution < 1.29 is 0 Å². The molecule has 0 nitrogen and oxygen atoms in total. The van der Waals surface area contributed by atoms with Gasteiger partial charge in [0.25, 0.3) is 0 Å². The van der Waals surface area contributed by atoms with E-state index in [-0.39, 0.29) is 14.9 Å². The molecule has 240 valence electrons. The Morgan fingerprint density at radius 1 is 0.409 bits per heavy atom. The van der Waals surface area contributed by atoms with E-state index in [1.54, 1.807) is 0 Å². The van der Waals surface area contributed by atoms with E-state index in [0.29, 0.717) is 17.8 Å². The number of benzene rings is 4. The van der Waals surface area contributed by atoms with Crippen molar-refractivity contribution in [3.05, 3.63) is 144 Å². The van der Waals surface area contributed by atoms with Gasteiger partial charge in [-0.25, -0.2) is 0 Å². The summed E-state index contributed by atoms with van der Waals surface area (Å²) < 4.78 is 0. The van der Waals surface area contributed by atoms with Crippen molar-refractivity contribution in [1.29, 1.82) is 0 Å². The monoisotopic (exact) mass is 593 g/mol. The van der Waals surface area contributed by atoms with Crippen molar-refractivity contribution in [2.45, 2.75) is 130 Å². The molecule has 0 aliphatic heterocycles. The molecule has 4 aromatic rings. The molecule has 0 amide bonds. The molecule has 0 saturated heterocycles. The summed E-state index contributed by atoms with van der Waals surface area (Å²) in [7, 11) is 0. The zero-order valence-electron chi connectivity index (χ0n) is 26.9. The SMILES string of the molecule is C.C.CCCC(CC(CCCC(CC)c1ccccc1)c1ccccc1)c1ccccc1.CCCCC(C)c1ccccc1. The van der Waals surface area contributed by atoms with Crippen molar-refractivity contribution in [2.75, 3.05) is 0 Å². The number of rotatable bonds is 16. The molecular weight excluding hydrogens is 528 g/mol. The standard InChI is InChI=1S/C30H38.C12H18.2CH4/c1-3-15-29(27-18-10-6-11-19-27)24-30(28-20-12-7-13-21-28)23-14-22-25(4-2)26-16-8-5-9-17-26;1-3-4-8-11(2)12-9-6-5-7-10-12;;/h5-13,16-21,25,29-30H,3-4,14-15,22-24H2,1-2H3;5-7,9-11H,3-4,8H2,1-2H3;2*1H4. The Balaban J connectivity index is 0.000000585. The summed E-state index contributed by atoms with van der Waals surface area (Å²) in [4.78, 5) is 0. The van der Waals surface area contributed by atoms with Gasteiger partial charge in [-0.2, -0.15) is 0 Å². The van der Waals surface area contributed by atoms with E-state index in [1.165, 1.54) is 86.5 Å². The third kappa shape index (κ3) is 13.7. The molecule has 0 aliphatic rings. The topological polar surface area (TPSA) is 0 Å². The van der Waals surface area contributed by atoms with Crippen molar-refractivity contribution in [1.82, 2.24) is 0 Å². The van der Waals surface area contributed by atoms with Crippen LogP contribution in [0.2, 0.25) is 0 Å². The van der Waals surface area contributed by atoms with Gasteiger partial charge in [0.15, 0.2) is 0 Å². The van der Waals surface area contributed by atoms with Crippen molar-refractivity contribution in [2.24, 2.45) is 0 Å². The summed E-state index contributed by atoms with van der Waals surface area (Å²) in [5.74, 6) is 2.70. The van der Waals surface area contributed by atoms with Crippen LogP contribution in [0.15, 0.2) is 121 Å². The molecule has 0 fully saturated rings. The molecule has 0 aliphatic carbocycles. The normalized spacial score (nSPS) is 13.2. The lowest BCUT2D eigenvalue weighted by molar-refractivity contribution is 0.449. The summed E-state index contributed by atoms with van der Waals surface area (Å²) in [5.41, 5.74) is 6.01. The van der Waals surface area contributed by atoms with Crippen LogP contribution in [0, 0.1) is 0 Å². The van der Waals surface area contributed by atoms with E-state index >= 15 is 0 Å². The third-order valence-electron chi connectivity index (χ3n) is 8.98. The van der Waals surface area contributed by atoms with E-state index < -0.39 is 0 Å². The first-order chi connectivity index (χ1) is 20.7. The Morgan fingerprint density at radius 2 is 0.795 bits per heavy atom. The lowest BCUT2D eigenvalue weighted by Gasteiger charge is -2.25. The predicted octanol–water partition coefficient (Wildman–Crippen LogP) is 14.4. The van der Waals surface area contributed by atoms with Gasteiger partial charge in [0.05, 0.1) is 0 Å². The van der Waals surface area contributed by atoms with Crippen LogP contribution in [0.5, 0.6) is 0 Å². The minimum absolute atomic E-state index is 0. The average Bonchev–Trinajstić information content (AvgIpc) is 3.06. The van der Waals surface area contributed by atoms with Crippen LogP contribution in [0.25, 0.3) is 0 Å². The quantitative estimate of drug-likeness (QED) is 0.121. The first kappa shape index (κ1) is 38.9. The summed E-state index contributed by atoms with van der Waals surface area (Å²) in [6, 6.07) is 44.3. The Kier molecular flexibility index (Phi) is 20.6. The molecule has 0 bridgehead atoms. The second-order valence-electron chi connectivity index (χ2n) is 12.1. The van der Waals surface area contributed by atoms with Crippen LogP contribution >= 0.6 is 0 Å². The molecule has 4 unspecified atom stereocenters. The van der Waals surface area contributed by atoms with E-state index in [9.17, 15) is 0 Å². The fourth-order valence-electron chi connectivity index (χ4n) is 6.38. The van der Waals surface area contributed by atoms with Gasteiger partial charge in [0.1, 0.15) is 0 Å². The molecule has 0 aromatic heterocycles. The fraction of sp³-hybridized carbons (Fsp3) is 0.455. The van der Waals surface area contributed by atoms with Gasteiger partial charge >= 0.3 is 0 Å². The highest BCUT2D eigenvalue weighted by atomic mass is 14.2. The summed E-state index contributed by atoms with van der Waals surface area (Å²) in [6.45, 7) is 9.21. The minimum atomic E-state index is 0. The Bertz CT molecular complexity index is 1170. The van der Waals surface area contributed by atoms with Gasteiger partial charge in [-0.3, -0.25) is 0 Å². The van der Waals surface area contributed by atoms with Crippen LogP contribution in [0.1, 0.15) is 153 Å². The Hall–Kier alpha value is -3.12. The smallest absolute Gasteiger partial charge is 0.0156 e. The van der Waals surface area contributed by atoms with Crippen molar-refractivity contribution in [3.8, 4) is 0 Å². The summed E-state index contributed by atoms with van der Waals surface area (Å²) >= 11 is 0. The molecule has 0 N–H and O–H groups in total. The van der Waals surface area contributed by atoms with E-state index in [2.05, 4.69) is 149 Å². The molecule has 4 atom stereocenters. The molecule has 0 radical (unpaired) electrons. The minimum Gasteiger partial charge on any atom is -0.0776 e. The largest absolute Gasteiger partial charge is 0.0776 e. The van der Waals surface area contributed by atoms with Gasteiger partial charge in [0, 0.05) is 0 Å². The average molecular weight is 593 g/mol. The highest BCUT2D eigenvalue weighted by molar-refractivity contribution is 5.24. The predicted molar refractivity (Wildman–Crippen MR) is 199 cm³/mol. The van der Waals surface area contributed by atoms with Crippen LogP contribution in [-0.4, -0.2) is 0 Å². The lowest BCUT2D eigenvalue weighted by atomic mass is 9.79. The molecule has 4 rings (SSSR count). The highest BCUT2D eigenvalue weighted by Crippen LogP contribution is 2.37. The van der Waals surface area contributed by atoms with Crippen LogP contribution < -0.4 is 0 Å². The summed E-state index contributed by atoms with van der Waals surface area (Å²) in [5, 5.41) is 0. The van der Waals surface area contributed by atoms with E-state index in [1.807, 2.05) is 0 Å². The van der Waals surface area contributed by atoms with Crippen molar-refractivity contribution >= 4 is 0 Å². The van der Waals surface area contributed by atoms with Crippen molar-refractivity contribution in [3.63, 3.8) is 0 Å². The third-order valence-corrected chi connectivity index (χ3v) is 8.98. The molecule has 0 spiro atoms. The summed E-state index contributed by atoms with van der Waals surface area (Å²) in [6.07, 6.45) is 12.8. The molecule has 4 aromatic carbocycles. The van der Waals surface area contributed by atoms with Crippen LogP contribution in [0.3, 0.4) is 0 Å². The van der Waals surface area contributed by atoms with Crippen LogP contribution in [0.4, 0.5) is 0 Å². The highest BCUT2D eigenvalue weighted by Gasteiger charge is 2.20. The Labute approximate surface area is 273 Å².